The average molecular weight is 645 g/mol. The van der Waals surface area contributed by atoms with E-state index in [1.807, 2.05) is 13.8 Å². The molecule has 0 aromatic heterocycles. The highest BCUT2D eigenvalue weighted by molar-refractivity contribution is 7.92. The molecule has 0 heterocycles. The number of hydrogen-bond acceptors (Lipinski definition) is 4. The van der Waals surface area contributed by atoms with Crippen LogP contribution in [0.3, 0.4) is 0 Å². The van der Waals surface area contributed by atoms with Crippen LogP contribution in [0.15, 0.2) is 71.6 Å². The van der Waals surface area contributed by atoms with Gasteiger partial charge in [-0.05, 0) is 62.2 Å². The Labute approximate surface area is 255 Å². The minimum Gasteiger partial charge on any atom is -0.352 e. The molecule has 0 fully saturated rings. The van der Waals surface area contributed by atoms with Crippen molar-refractivity contribution in [1.82, 2.24) is 10.2 Å². The van der Waals surface area contributed by atoms with Gasteiger partial charge in [0.05, 0.1) is 30.7 Å². The third-order valence-electron chi connectivity index (χ3n) is 5.96. The molecule has 0 radical (unpaired) electrons. The molecule has 3 aromatic carbocycles. The Morgan fingerprint density at radius 3 is 2.15 bits per heavy atom. The number of sulfonamides is 1. The fourth-order valence-electron chi connectivity index (χ4n) is 4.05. The van der Waals surface area contributed by atoms with E-state index in [4.69, 9.17) is 46.4 Å². The third-order valence-corrected chi connectivity index (χ3v) is 9.29. The predicted octanol–water partition coefficient (Wildman–Crippen LogP) is 6.83. The van der Waals surface area contributed by atoms with Crippen LogP contribution >= 0.6 is 46.4 Å². The summed E-state index contributed by atoms with van der Waals surface area (Å²) in [6.07, 6.45) is 0.273. The first-order chi connectivity index (χ1) is 18.9. The smallest absolute Gasteiger partial charge is 0.264 e. The Hall–Kier alpha value is -2.49. The first-order valence-electron chi connectivity index (χ1n) is 12.4. The zero-order valence-corrected chi connectivity index (χ0v) is 25.9. The van der Waals surface area contributed by atoms with Gasteiger partial charge in [-0.2, -0.15) is 0 Å². The van der Waals surface area contributed by atoms with E-state index in [0.29, 0.717) is 10.6 Å². The highest BCUT2D eigenvalue weighted by Gasteiger charge is 2.34. The number of hydrogen-bond donors (Lipinski definition) is 1. The van der Waals surface area contributed by atoms with Crippen LogP contribution in [0.2, 0.25) is 20.1 Å². The molecule has 1 N–H and O–H groups in total. The van der Waals surface area contributed by atoms with Gasteiger partial charge in [0.1, 0.15) is 12.6 Å². The molecular formula is C28H29Cl4N3O4S. The summed E-state index contributed by atoms with van der Waals surface area (Å²) in [4.78, 5) is 28.5. The number of amides is 2. The third kappa shape index (κ3) is 7.62. The van der Waals surface area contributed by atoms with E-state index in [1.165, 1.54) is 29.2 Å². The van der Waals surface area contributed by atoms with E-state index in [1.54, 1.807) is 49.4 Å². The normalized spacial score (nSPS) is 12.2. The molecule has 0 saturated carbocycles. The average Bonchev–Trinajstić information content (AvgIpc) is 2.91. The second-order valence-electron chi connectivity index (χ2n) is 9.26. The van der Waals surface area contributed by atoms with E-state index in [0.717, 1.165) is 4.31 Å². The van der Waals surface area contributed by atoms with Crippen LogP contribution in [0.5, 0.6) is 0 Å². The first kappa shape index (κ1) is 32.0. The van der Waals surface area contributed by atoms with E-state index in [9.17, 15) is 18.0 Å². The van der Waals surface area contributed by atoms with Crippen molar-refractivity contribution < 1.29 is 18.0 Å². The van der Waals surface area contributed by atoms with Gasteiger partial charge in [0.15, 0.2) is 0 Å². The van der Waals surface area contributed by atoms with Gasteiger partial charge in [-0.3, -0.25) is 13.9 Å². The second-order valence-corrected chi connectivity index (χ2v) is 12.7. The molecule has 0 saturated heterocycles. The van der Waals surface area contributed by atoms with Crippen LogP contribution in [0, 0.1) is 0 Å². The summed E-state index contributed by atoms with van der Waals surface area (Å²) in [5.74, 6) is -1.00. The summed E-state index contributed by atoms with van der Waals surface area (Å²) in [7, 11) is -4.28. The Kier molecular flexibility index (Phi) is 11.1. The van der Waals surface area contributed by atoms with Crippen LogP contribution in [-0.4, -0.2) is 43.8 Å². The van der Waals surface area contributed by atoms with E-state index in [2.05, 4.69) is 5.32 Å². The zero-order valence-electron chi connectivity index (χ0n) is 22.1. The van der Waals surface area contributed by atoms with Crippen LogP contribution in [0.1, 0.15) is 32.8 Å². The standard InChI is InChI=1S/C28H29Cl4N3O4S/c1-4-24(28(37)33-18(2)3)34(16-19-13-14-21(29)23(31)15-19)26(36)17-35(25-12-8-11-22(30)27(25)32)40(38,39)20-9-6-5-7-10-20/h5-15,18,24H,4,16-17H2,1-3H3,(H,33,37)/t24-/m0/s1. The summed E-state index contributed by atoms with van der Waals surface area (Å²) in [6.45, 7) is 4.72. The lowest BCUT2D eigenvalue weighted by Gasteiger charge is -2.33. The number of halogens is 4. The van der Waals surface area contributed by atoms with Crippen molar-refractivity contribution >= 4 is 73.9 Å². The van der Waals surface area contributed by atoms with Crippen molar-refractivity contribution in [2.24, 2.45) is 0 Å². The van der Waals surface area contributed by atoms with Crippen LogP contribution in [0.25, 0.3) is 0 Å². The maximum atomic E-state index is 14.1. The molecule has 0 aliphatic rings. The highest BCUT2D eigenvalue weighted by atomic mass is 35.5. The summed E-state index contributed by atoms with van der Waals surface area (Å²) in [6, 6.07) is 16.0. The van der Waals surface area contributed by atoms with Crippen molar-refractivity contribution in [2.75, 3.05) is 10.8 Å². The van der Waals surface area contributed by atoms with Crippen molar-refractivity contribution in [3.8, 4) is 0 Å². The van der Waals surface area contributed by atoms with Crippen LogP contribution in [-0.2, 0) is 26.2 Å². The number of anilines is 1. The number of carbonyl (C=O) groups is 2. The molecule has 3 aromatic rings. The molecule has 0 bridgehead atoms. The lowest BCUT2D eigenvalue weighted by atomic mass is 10.1. The largest absolute Gasteiger partial charge is 0.352 e. The fraction of sp³-hybridized carbons (Fsp3) is 0.286. The summed E-state index contributed by atoms with van der Waals surface area (Å²) in [5.41, 5.74) is 0.636. The van der Waals surface area contributed by atoms with E-state index < -0.39 is 28.5 Å². The van der Waals surface area contributed by atoms with E-state index in [-0.39, 0.29) is 50.6 Å². The van der Waals surface area contributed by atoms with Crippen LogP contribution in [0.4, 0.5) is 5.69 Å². The summed E-state index contributed by atoms with van der Waals surface area (Å²) in [5, 5.41) is 3.55. The van der Waals surface area contributed by atoms with Gasteiger partial charge in [-0.15, -0.1) is 0 Å². The fourth-order valence-corrected chi connectivity index (χ4v) is 6.27. The molecule has 3 rings (SSSR count). The molecule has 12 heteroatoms. The molecule has 0 unspecified atom stereocenters. The van der Waals surface area contributed by atoms with Crippen molar-refractivity contribution in [1.29, 1.82) is 0 Å². The maximum Gasteiger partial charge on any atom is 0.264 e. The molecule has 7 nitrogen and oxygen atoms in total. The molecule has 2 amide bonds. The molecule has 40 heavy (non-hydrogen) atoms. The number of nitrogens with one attached hydrogen (secondary N) is 1. The first-order valence-corrected chi connectivity index (χ1v) is 15.4. The quantitative estimate of drug-likeness (QED) is 0.248. The van der Waals surface area contributed by atoms with Gasteiger partial charge in [-0.1, -0.05) is 83.7 Å². The monoisotopic (exact) mass is 643 g/mol. The molecular weight excluding hydrogens is 616 g/mol. The lowest BCUT2D eigenvalue weighted by Crippen LogP contribution is -2.53. The molecule has 0 aliphatic carbocycles. The molecule has 214 valence electrons. The molecule has 1 atom stereocenters. The SMILES string of the molecule is CC[C@@H](C(=O)NC(C)C)N(Cc1ccc(Cl)c(Cl)c1)C(=O)CN(c1cccc(Cl)c1Cl)S(=O)(=O)c1ccccc1. The van der Waals surface area contributed by atoms with Gasteiger partial charge in [0, 0.05) is 12.6 Å². The Bertz CT molecular complexity index is 1470. The zero-order chi connectivity index (χ0) is 29.6. The number of nitrogens with zero attached hydrogens (tertiary/aromatic N) is 2. The maximum absolute atomic E-state index is 14.1. The van der Waals surface area contributed by atoms with Crippen molar-refractivity contribution in [3.63, 3.8) is 0 Å². The Balaban J connectivity index is 2.11. The number of carbonyl (C=O) groups excluding carboxylic acids is 2. The van der Waals surface area contributed by atoms with Gasteiger partial charge in [0.25, 0.3) is 10.0 Å². The van der Waals surface area contributed by atoms with Gasteiger partial charge in [0.2, 0.25) is 11.8 Å². The van der Waals surface area contributed by atoms with Gasteiger partial charge >= 0.3 is 0 Å². The minimum absolute atomic E-state index is 0.0255. The second kappa shape index (κ2) is 13.9. The van der Waals surface area contributed by atoms with Gasteiger partial charge < -0.3 is 10.2 Å². The van der Waals surface area contributed by atoms with Gasteiger partial charge in [-0.25, -0.2) is 8.42 Å². The Morgan fingerprint density at radius 1 is 0.875 bits per heavy atom. The van der Waals surface area contributed by atoms with Crippen LogP contribution < -0.4 is 9.62 Å². The highest BCUT2D eigenvalue weighted by Crippen LogP contribution is 2.35. The molecule has 0 spiro atoms. The van der Waals surface area contributed by atoms with Crippen molar-refractivity contribution in [2.45, 2.75) is 50.7 Å². The predicted molar refractivity (Wildman–Crippen MR) is 162 cm³/mol. The topological polar surface area (TPSA) is 86.8 Å². The molecule has 0 aliphatic heterocycles. The minimum atomic E-state index is -4.28. The van der Waals surface area contributed by atoms with Crippen molar-refractivity contribution in [3.05, 3.63) is 92.4 Å². The number of rotatable bonds is 11. The Morgan fingerprint density at radius 2 is 1.55 bits per heavy atom. The summed E-state index contributed by atoms with van der Waals surface area (Å²) >= 11 is 25.0. The lowest BCUT2D eigenvalue weighted by molar-refractivity contribution is -0.140. The number of benzene rings is 3. The van der Waals surface area contributed by atoms with E-state index >= 15 is 0 Å². The summed E-state index contributed by atoms with van der Waals surface area (Å²) < 4.78 is 28.6.